The van der Waals surface area contributed by atoms with Gasteiger partial charge in [-0.2, -0.15) is 0 Å². The molecule has 0 spiro atoms. The van der Waals surface area contributed by atoms with Crippen molar-refractivity contribution < 1.29 is 4.74 Å². The Morgan fingerprint density at radius 2 is 2.33 bits per heavy atom. The van der Waals surface area contributed by atoms with Crippen LogP contribution in [-0.2, 0) is 0 Å². The van der Waals surface area contributed by atoms with Gasteiger partial charge in [0, 0.05) is 5.54 Å². The number of rotatable bonds is 3. The molecule has 2 nitrogen and oxygen atoms in total. The molecule has 0 atom stereocenters. The van der Waals surface area contributed by atoms with Crippen LogP contribution in [0.5, 0.6) is 5.75 Å². The van der Waals surface area contributed by atoms with Gasteiger partial charge in [0.1, 0.15) is 17.5 Å². The van der Waals surface area contributed by atoms with Crippen LogP contribution in [-0.4, -0.2) is 11.6 Å². The zero-order valence-electron chi connectivity index (χ0n) is 6.21. The van der Waals surface area contributed by atoms with Crippen molar-refractivity contribution in [1.82, 2.24) is 4.98 Å². The quantitative estimate of drug-likeness (QED) is 0.706. The molecule has 1 aromatic heterocycles. The predicted molar refractivity (Wildman–Crippen MR) is 49.7 cm³/mol. The zero-order valence-corrected chi connectivity index (χ0v) is 7.72. The van der Waals surface area contributed by atoms with E-state index in [0.29, 0.717) is 17.5 Å². The van der Waals surface area contributed by atoms with Crippen LogP contribution in [0.2, 0.25) is 5.15 Å². The van der Waals surface area contributed by atoms with Crippen LogP contribution < -0.4 is 4.74 Å². The van der Waals surface area contributed by atoms with Crippen molar-refractivity contribution in [3.63, 3.8) is 0 Å². The molecule has 0 aliphatic heterocycles. The molecule has 0 radical (unpaired) electrons. The lowest BCUT2D eigenvalue weighted by atomic mass is 10.5. The van der Waals surface area contributed by atoms with Crippen molar-refractivity contribution in [2.24, 2.45) is 0 Å². The van der Waals surface area contributed by atoms with Crippen LogP contribution in [0.3, 0.4) is 0 Å². The molecule has 12 heavy (non-hydrogen) atoms. The Balaban J connectivity index is 2.47. The Labute approximate surface area is 80.8 Å². The van der Waals surface area contributed by atoms with E-state index < -0.39 is 0 Å². The van der Waals surface area contributed by atoms with Crippen LogP contribution >= 0.6 is 23.2 Å². The highest BCUT2D eigenvalue weighted by molar-refractivity contribution is 6.29. The summed E-state index contributed by atoms with van der Waals surface area (Å²) in [6.07, 6.45) is 3.25. The molecule has 0 fully saturated rings. The Morgan fingerprint density at radius 1 is 1.50 bits per heavy atom. The topological polar surface area (TPSA) is 22.1 Å². The van der Waals surface area contributed by atoms with Crippen molar-refractivity contribution in [1.29, 1.82) is 0 Å². The fourth-order valence-corrected chi connectivity index (χ4v) is 0.813. The number of ether oxygens (including phenoxy) is 1. The third-order valence-corrected chi connectivity index (χ3v) is 1.54. The number of pyridine rings is 1. The second-order valence-corrected chi connectivity index (χ2v) is 2.63. The van der Waals surface area contributed by atoms with Crippen LogP contribution in [0.4, 0.5) is 0 Å². The van der Waals surface area contributed by atoms with Crippen molar-refractivity contribution in [3.05, 3.63) is 35.1 Å². The molecule has 0 aliphatic carbocycles. The molecule has 0 bridgehead atoms. The first-order chi connectivity index (χ1) is 5.83. The number of hydrogen-bond acceptors (Lipinski definition) is 2. The average molecular weight is 204 g/mol. The maximum absolute atomic E-state index is 5.57. The second kappa shape index (κ2) is 5.01. The van der Waals surface area contributed by atoms with Crippen LogP contribution in [0, 0.1) is 0 Å². The van der Waals surface area contributed by atoms with E-state index in [2.05, 4.69) is 4.98 Å². The Morgan fingerprint density at radius 3 is 2.92 bits per heavy atom. The highest BCUT2D eigenvalue weighted by Gasteiger charge is 1.91. The standard InChI is InChI=1S/C8H7Cl2NO/c9-4-1-5-12-7-2-3-8(10)11-6-7/h1-4,6H,5H2. The summed E-state index contributed by atoms with van der Waals surface area (Å²) in [5.41, 5.74) is 1.41. The number of nitrogens with zero attached hydrogens (tertiary/aromatic N) is 1. The molecular formula is C8H7Cl2NO. The zero-order chi connectivity index (χ0) is 8.81. The molecule has 1 rings (SSSR count). The smallest absolute Gasteiger partial charge is 0.138 e. The lowest BCUT2D eigenvalue weighted by Gasteiger charge is -2.00. The largest absolute Gasteiger partial charge is 0.488 e. The molecule has 0 N–H and O–H groups in total. The minimum atomic E-state index is 0.437. The summed E-state index contributed by atoms with van der Waals surface area (Å²) in [5, 5.41) is 0.454. The third kappa shape index (κ3) is 3.11. The summed E-state index contributed by atoms with van der Waals surface area (Å²) in [5.74, 6) is 0.675. The van der Waals surface area contributed by atoms with Gasteiger partial charge in [-0.1, -0.05) is 23.2 Å². The van der Waals surface area contributed by atoms with Crippen molar-refractivity contribution in [2.75, 3.05) is 6.61 Å². The van der Waals surface area contributed by atoms with Gasteiger partial charge in [0.15, 0.2) is 0 Å². The van der Waals surface area contributed by atoms with E-state index in [1.807, 2.05) is 0 Å². The summed E-state index contributed by atoms with van der Waals surface area (Å²) in [4.78, 5) is 3.84. The maximum atomic E-state index is 5.57. The molecule has 1 aromatic rings. The van der Waals surface area contributed by atoms with Crippen molar-refractivity contribution in [3.8, 4) is 5.75 Å². The lowest BCUT2D eigenvalue weighted by Crippen LogP contribution is -1.92. The first-order valence-electron chi connectivity index (χ1n) is 3.32. The number of hydrogen-bond donors (Lipinski definition) is 0. The molecule has 0 saturated carbocycles. The van der Waals surface area contributed by atoms with Gasteiger partial charge in [-0.05, 0) is 18.2 Å². The molecular weight excluding hydrogens is 197 g/mol. The summed E-state index contributed by atoms with van der Waals surface area (Å²) >= 11 is 10.9. The van der Waals surface area contributed by atoms with Gasteiger partial charge in [-0.25, -0.2) is 4.98 Å². The van der Waals surface area contributed by atoms with E-state index in [4.69, 9.17) is 27.9 Å². The van der Waals surface area contributed by atoms with E-state index in [1.54, 1.807) is 24.4 Å². The van der Waals surface area contributed by atoms with Crippen molar-refractivity contribution in [2.45, 2.75) is 0 Å². The van der Waals surface area contributed by atoms with E-state index >= 15 is 0 Å². The fraction of sp³-hybridized carbons (Fsp3) is 0.125. The summed E-state index contributed by atoms with van der Waals surface area (Å²) < 4.78 is 5.21. The van der Waals surface area contributed by atoms with Gasteiger partial charge in [-0.3, -0.25) is 0 Å². The molecule has 1 heterocycles. The van der Waals surface area contributed by atoms with E-state index in [9.17, 15) is 0 Å². The van der Waals surface area contributed by atoms with E-state index in [-0.39, 0.29) is 0 Å². The number of aromatic nitrogens is 1. The van der Waals surface area contributed by atoms with Gasteiger partial charge < -0.3 is 4.74 Å². The predicted octanol–water partition coefficient (Wildman–Crippen LogP) is 2.87. The molecule has 0 aliphatic rings. The van der Waals surface area contributed by atoms with Gasteiger partial charge in [-0.15, -0.1) is 0 Å². The van der Waals surface area contributed by atoms with Gasteiger partial charge >= 0.3 is 0 Å². The highest BCUT2D eigenvalue weighted by Crippen LogP contribution is 2.11. The van der Waals surface area contributed by atoms with Crippen LogP contribution in [0.25, 0.3) is 0 Å². The van der Waals surface area contributed by atoms with Crippen LogP contribution in [0.1, 0.15) is 0 Å². The summed E-state index contributed by atoms with van der Waals surface area (Å²) in [7, 11) is 0. The minimum absolute atomic E-state index is 0.437. The molecule has 4 heteroatoms. The maximum Gasteiger partial charge on any atom is 0.138 e. The lowest BCUT2D eigenvalue weighted by molar-refractivity contribution is 0.361. The van der Waals surface area contributed by atoms with Crippen LogP contribution in [0.15, 0.2) is 29.9 Å². The first kappa shape index (κ1) is 9.36. The molecule has 0 unspecified atom stereocenters. The first-order valence-corrected chi connectivity index (χ1v) is 4.14. The average Bonchev–Trinajstić information content (AvgIpc) is 2.09. The monoisotopic (exact) mass is 203 g/mol. The summed E-state index contributed by atoms with van der Waals surface area (Å²) in [6.45, 7) is 0.437. The van der Waals surface area contributed by atoms with Gasteiger partial charge in [0.25, 0.3) is 0 Å². The van der Waals surface area contributed by atoms with Gasteiger partial charge in [0.05, 0.1) is 6.20 Å². The van der Waals surface area contributed by atoms with Crippen molar-refractivity contribution >= 4 is 23.2 Å². The Hall–Kier alpha value is -0.730. The van der Waals surface area contributed by atoms with E-state index in [1.165, 1.54) is 5.54 Å². The normalized spacial score (nSPS) is 10.5. The number of halogens is 2. The second-order valence-electron chi connectivity index (χ2n) is 1.99. The Kier molecular flexibility index (Phi) is 3.91. The third-order valence-electron chi connectivity index (χ3n) is 1.14. The molecule has 0 saturated heterocycles. The molecule has 0 amide bonds. The summed E-state index contributed by atoms with van der Waals surface area (Å²) in [6, 6.07) is 3.42. The van der Waals surface area contributed by atoms with Gasteiger partial charge in [0.2, 0.25) is 0 Å². The molecule has 0 aromatic carbocycles. The highest BCUT2D eigenvalue weighted by atomic mass is 35.5. The Bertz CT molecular complexity index is 258. The SMILES string of the molecule is ClC=CCOc1ccc(Cl)nc1. The van der Waals surface area contributed by atoms with E-state index in [0.717, 1.165) is 0 Å². The fourth-order valence-electron chi connectivity index (χ4n) is 0.628. The molecule has 64 valence electrons. The minimum Gasteiger partial charge on any atom is -0.488 e.